The summed E-state index contributed by atoms with van der Waals surface area (Å²) in [7, 11) is 0. The predicted molar refractivity (Wildman–Crippen MR) is 107 cm³/mol. The Balaban J connectivity index is 0.000000469. The van der Waals surface area contributed by atoms with Crippen LogP contribution in [-0.2, 0) is 9.59 Å². The number of nitro groups is 1. The number of hydrogen-bond acceptors (Lipinski definition) is 6. The number of rotatable bonds is 3. The van der Waals surface area contributed by atoms with E-state index in [0.29, 0.717) is 11.6 Å². The first-order valence-electron chi connectivity index (χ1n) is 9.93. The zero-order chi connectivity index (χ0) is 22.3. The van der Waals surface area contributed by atoms with E-state index in [-0.39, 0.29) is 11.6 Å². The van der Waals surface area contributed by atoms with E-state index in [1.54, 1.807) is 12.1 Å². The SMILES string of the molecule is CC1CCC(N2CCN(C(=O)c3ccc([N+](=O)[O-])cc3)CC2)CC1.O=C(O)C(=O)O. The number of nitro benzene ring substituents is 1. The number of non-ortho nitro benzene ring substituents is 1. The van der Waals surface area contributed by atoms with E-state index in [9.17, 15) is 14.9 Å². The second-order valence-corrected chi connectivity index (χ2v) is 7.66. The van der Waals surface area contributed by atoms with E-state index in [2.05, 4.69) is 11.8 Å². The fourth-order valence-electron chi connectivity index (χ4n) is 3.81. The second-order valence-electron chi connectivity index (χ2n) is 7.66. The first kappa shape index (κ1) is 23.3. The standard InChI is InChI=1S/C18H25N3O3.C2H2O4/c1-14-2-6-16(7-3-14)19-10-12-20(13-11-19)18(22)15-4-8-17(9-5-15)21(23)24;3-1(4)2(5)6/h4-5,8-9,14,16H,2-3,6-7,10-13H2,1H3;(H,3,4)(H,5,6). The average molecular weight is 421 g/mol. The first-order chi connectivity index (χ1) is 14.2. The van der Waals surface area contributed by atoms with Crippen molar-refractivity contribution in [2.24, 2.45) is 5.92 Å². The zero-order valence-corrected chi connectivity index (χ0v) is 16.9. The number of carbonyl (C=O) groups is 3. The van der Waals surface area contributed by atoms with E-state index in [1.807, 2.05) is 4.90 Å². The summed E-state index contributed by atoms with van der Waals surface area (Å²) in [6.45, 7) is 5.66. The molecule has 10 nitrogen and oxygen atoms in total. The van der Waals surface area contributed by atoms with Crippen LogP contribution in [0.15, 0.2) is 24.3 Å². The minimum Gasteiger partial charge on any atom is -0.473 e. The molecular weight excluding hydrogens is 394 g/mol. The molecule has 0 spiro atoms. The molecule has 1 heterocycles. The van der Waals surface area contributed by atoms with Crippen molar-refractivity contribution in [3.8, 4) is 0 Å². The van der Waals surface area contributed by atoms with Crippen molar-refractivity contribution in [3.63, 3.8) is 0 Å². The molecule has 0 bridgehead atoms. The highest BCUT2D eigenvalue weighted by molar-refractivity contribution is 6.27. The van der Waals surface area contributed by atoms with E-state index in [0.717, 1.165) is 32.1 Å². The maximum Gasteiger partial charge on any atom is 0.414 e. The molecule has 1 aliphatic carbocycles. The number of piperazine rings is 1. The van der Waals surface area contributed by atoms with Gasteiger partial charge in [0, 0.05) is 49.9 Å². The number of benzene rings is 1. The smallest absolute Gasteiger partial charge is 0.414 e. The number of carbonyl (C=O) groups excluding carboxylic acids is 1. The summed E-state index contributed by atoms with van der Waals surface area (Å²) in [4.78, 5) is 45.4. The monoisotopic (exact) mass is 421 g/mol. The lowest BCUT2D eigenvalue weighted by Gasteiger charge is -2.41. The Morgan fingerprint density at radius 2 is 1.43 bits per heavy atom. The normalized spacial score (nSPS) is 21.8. The van der Waals surface area contributed by atoms with Crippen LogP contribution < -0.4 is 0 Å². The van der Waals surface area contributed by atoms with Crippen molar-refractivity contribution in [2.45, 2.75) is 38.6 Å². The number of amides is 1. The van der Waals surface area contributed by atoms with Crippen molar-refractivity contribution in [2.75, 3.05) is 26.2 Å². The van der Waals surface area contributed by atoms with Crippen molar-refractivity contribution < 1.29 is 29.5 Å². The van der Waals surface area contributed by atoms with Gasteiger partial charge in [-0.3, -0.25) is 19.8 Å². The Morgan fingerprint density at radius 1 is 0.933 bits per heavy atom. The summed E-state index contributed by atoms with van der Waals surface area (Å²) >= 11 is 0. The maximum atomic E-state index is 12.5. The largest absolute Gasteiger partial charge is 0.473 e. The molecule has 30 heavy (non-hydrogen) atoms. The maximum absolute atomic E-state index is 12.5. The lowest BCUT2D eigenvalue weighted by molar-refractivity contribution is -0.384. The highest BCUT2D eigenvalue weighted by Crippen LogP contribution is 2.27. The third-order valence-corrected chi connectivity index (χ3v) is 5.61. The molecule has 0 atom stereocenters. The Labute approximate surface area is 174 Å². The fourth-order valence-corrected chi connectivity index (χ4v) is 3.81. The van der Waals surface area contributed by atoms with E-state index < -0.39 is 16.9 Å². The third-order valence-electron chi connectivity index (χ3n) is 5.61. The second kappa shape index (κ2) is 10.7. The molecule has 1 aromatic rings. The molecular formula is C20H27N3O7. The van der Waals surface area contributed by atoms with Gasteiger partial charge in [-0.1, -0.05) is 6.92 Å². The molecule has 1 amide bonds. The van der Waals surface area contributed by atoms with Gasteiger partial charge in [0.25, 0.3) is 11.6 Å². The number of aliphatic carboxylic acids is 2. The van der Waals surface area contributed by atoms with Crippen LogP contribution in [0.1, 0.15) is 43.0 Å². The van der Waals surface area contributed by atoms with Crippen molar-refractivity contribution in [1.29, 1.82) is 0 Å². The van der Waals surface area contributed by atoms with Gasteiger partial charge in [-0.25, -0.2) is 9.59 Å². The van der Waals surface area contributed by atoms with Crippen molar-refractivity contribution >= 4 is 23.5 Å². The quantitative estimate of drug-likeness (QED) is 0.429. The highest BCUT2D eigenvalue weighted by atomic mass is 16.6. The fraction of sp³-hybridized carbons (Fsp3) is 0.550. The van der Waals surface area contributed by atoms with Gasteiger partial charge in [-0.15, -0.1) is 0 Å². The van der Waals surface area contributed by atoms with E-state index in [4.69, 9.17) is 19.8 Å². The van der Waals surface area contributed by atoms with Crippen LogP contribution in [0, 0.1) is 16.0 Å². The number of hydrogen-bond donors (Lipinski definition) is 2. The first-order valence-corrected chi connectivity index (χ1v) is 9.93. The predicted octanol–water partition coefficient (Wildman–Crippen LogP) is 2.09. The summed E-state index contributed by atoms with van der Waals surface area (Å²) in [5, 5.41) is 25.5. The van der Waals surface area contributed by atoms with E-state index >= 15 is 0 Å². The van der Waals surface area contributed by atoms with Crippen LogP contribution in [0.2, 0.25) is 0 Å². The van der Waals surface area contributed by atoms with Gasteiger partial charge in [-0.05, 0) is 43.7 Å². The topological polar surface area (TPSA) is 141 Å². The van der Waals surface area contributed by atoms with Gasteiger partial charge >= 0.3 is 11.9 Å². The van der Waals surface area contributed by atoms with Crippen LogP contribution in [0.3, 0.4) is 0 Å². The zero-order valence-electron chi connectivity index (χ0n) is 16.9. The lowest BCUT2D eigenvalue weighted by atomic mass is 9.86. The van der Waals surface area contributed by atoms with Gasteiger partial charge < -0.3 is 15.1 Å². The molecule has 0 unspecified atom stereocenters. The van der Waals surface area contributed by atoms with Crippen LogP contribution in [0.5, 0.6) is 0 Å². The van der Waals surface area contributed by atoms with Crippen LogP contribution in [0.25, 0.3) is 0 Å². The molecule has 164 valence electrons. The Morgan fingerprint density at radius 3 is 1.87 bits per heavy atom. The summed E-state index contributed by atoms with van der Waals surface area (Å²) < 4.78 is 0. The molecule has 2 N–H and O–H groups in total. The Kier molecular flexibility index (Phi) is 8.28. The van der Waals surface area contributed by atoms with Crippen molar-refractivity contribution in [1.82, 2.24) is 9.80 Å². The molecule has 2 aliphatic rings. The number of nitrogens with zero attached hydrogens (tertiary/aromatic N) is 3. The Bertz CT molecular complexity index is 753. The summed E-state index contributed by atoms with van der Waals surface area (Å²) in [5.74, 6) is -2.82. The van der Waals surface area contributed by atoms with Crippen molar-refractivity contribution in [3.05, 3.63) is 39.9 Å². The van der Waals surface area contributed by atoms with E-state index in [1.165, 1.54) is 37.8 Å². The van der Waals surface area contributed by atoms with Crippen LogP contribution in [-0.4, -0.2) is 75.0 Å². The average Bonchev–Trinajstić information content (AvgIpc) is 2.74. The molecule has 3 rings (SSSR count). The van der Waals surface area contributed by atoms with Gasteiger partial charge in [0.2, 0.25) is 0 Å². The molecule has 2 fully saturated rings. The molecule has 0 aromatic heterocycles. The molecule has 1 saturated carbocycles. The number of carboxylic acid groups (broad SMARTS) is 2. The molecule has 10 heteroatoms. The molecule has 1 saturated heterocycles. The highest BCUT2D eigenvalue weighted by Gasteiger charge is 2.28. The lowest BCUT2D eigenvalue weighted by Crippen LogP contribution is -2.52. The summed E-state index contributed by atoms with van der Waals surface area (Å²) in [5.41, 5.74) is 0.545. The minimum atomic E-state index is -1.82. The van der Waals surface area contributed by atoms with Gasteiger partial charge in [0.05, 0.1) is 4.92 Å². The summed E-state index contributed by atoms with van der Waals surface area (Å²) in [6, 6.07) is 6.57. The molecule has 0 radical (unpaired) electrons. The van der Waals surface area contributed by atoms with Gasteiger partial charge in [0.15, 0.2) is 0 Å². The van der Waals surface area contributed by atoms with Gasteiger partial charge in [0.1, 0.15) is 0 Å². The molecule has 1 aromatic carbocycles. The molecule has 1 aliphatic heterocycles. The van der Waals surface area contributed by atoms with Crippen LogP contribution >= 0.6 is 0 Å². The van der Waals surface area contributed by atoms with Gasteiger partial charge in [-0.2, -0.15) is 0 Å². The summed E-state index contributed by atoms with van der Waals surface area (Å²) in [6.07, 6.45) is 5.17. The Hall–Kier alpha value is -3.01. The van der Waals surface area contributed by atoms with Crippen LogP contribution in [0.4, 0.5) is 5.69 Å². The minimum absolute atomic E-state index is 0.0166. The third kappa shape index (κ3) is 6.51. The number of carboxylic acids is 2.